The largest absolute Gasteiger partial charge is 0.397 e. The molecule has 17 heavy (non-hydrogen) atoms. The summed E-state index contributed by atoms with van der Waals surface area (Å²) in [5, 5.41) is -0.229. The summed E-state index contributed by atoms with van der Waals surface area (Å²) in [7, 11) is 0. The van der Waals surface area contributed by atoms with Crippen molar-refractivity contribution in [1.29, 1.82) is 0 Å². The second-order valence-corrected chi connectivity index (χ2v) is 4.47. The van der Waals surface area contributed by atoms with E-state index in [2.05, 4.69) is 0 Å². The van der Waals surface area contributed by atoms with Gasteiger partial charge in [-0.15, -0.1) is 0 Å². The molecule has 4 nitrogen and oxygen atoms in total. The number of nitrogen functional groups attached to an aromatic ring is 1. The summed E-state index contributed by atoms with van der Waals surface area (Å²) in [5.74, 6) is -1.40. The number of imide groups is 1. The molecule has 0 saturated carbocycles. The summed E-state index contributed by atoms with van der Waals surface area (Å²) in [6.45, 7) is 0. The minimum atomic E-state index is -0.698. The van der Waals surface area contributed by atoms with Crippen molar-refractivity contribution in [3.63, 3.8) is 0 Å². The standard InChI is InChI=1S/C10H5Cl3N2O2/c11-4-1-2-6(5(14)3-4)15-9(16)7(12)8(13)10(15)17/h1-3H,14H2. The lowest BCUT2D eigenvalue weighted by Gasteiger charge is -2.16. The van der Waals surface area contributed by atoms with Gasteiger partial charge in [-0.1, -0.05) is 34.8 Å². The van der Waals surface area contributed by atoms with Crippen molar-refractivity contribution < 1.29 is 9.59 Å². The van der Waals surface area contributed by atoms with Crippen LogP contribution in [0.15, 0.2) is 28.3 Å². The van der Waals surface area contributed by atoms with Crippen LogP contribution < -0.4 is 10.6 Å². The molecule has 1 aromatic rings. The number of anilines is 2. The van der Waals surface area contributed by atoms with Gasteiger partial charge in [-0.05, 0) is 18.2 Å². The van der Waals surface area contributed by atoms with Gasteiger partial charge >= 0.3 is 0 Å². The molecule has 7 heteroatoms. The van der Waals surface area contributed by atoms with Gasteiger partial charge in [0.1, 0.15) is 10.1 Å². The van der Waals surface area contributed by atoms with Crippen molar-refractivity contribution in [3.05, 3.63) is 33.3 Å². The lowest BCUT2D eigenvalue weighted by Crippen LogP contribution is -2.31. The van der Waals surface area contributed by atoms with Crippen molar-refractivity contribution in [2.45, 2.75) is 0 Å². The van der Waals surface area contributed by atoms with Crippen LogP contribution in [-0.4, -0.2) is 11.8 Å². The first-order valence-corrected chi connectivity index (χ1v) is 5.56. The molecular weight excluding hydrogens is 286 g/mol. The highest BCUT2D eigenvalue weighted by Gasteiger charge is 2.38. The van der Waals surface area contributed by atoms with Crippen LogP contribution in [0.5, 0.6) is 0 Å². The van der Waals surface area contributed by atoms with Crippen LogP contribution in [0.3, 0.4) is 0 Å². The average molecular weight is 292 g/mol. The molecule has 2 amide bonds. The van der Waals surface area contributed by atoms with Crippen molar-refractivity contribution in [1.82, 2.24) is 0 Å². The van der Waals surface area contributed by atoms with E-state index in [-0.39, 0.29) is 21.4 Å². The summed E-state index contributed by atoms with van der Waals surface area (Å²) in [5.41, 5.74) is 6.08. The van der Waals surface area contributed by atoms with E-state index in [0.717, 1.165) is 4.90 Å². The third-order valence-corrected chi connectivity index (χ3v) is 3.24. The molecule has 1 heterocycles. The lowest BCUT2D eigenvalue weighted by atomic mass is 10.2. The molecule has 1 aliphatic heterocycles. The van der Waals surface area contributed by atoms with Crippen molar-refractivity contribution in [3.8, 4) is 0 Å². The molecule has 0 atom stereocenters. The summed E-state index contributed by atoms with van der Waals surface area (Å²) < 4.78 is 0. The first kappa shape index (κ1) is 12.2. The zero-order chi connectivity index (χ0) is 12.7. The molecule has 0 unspecified atom stereocenters. The van der Waals surface area contributed by atoms with E-state index in [1.165, 1.54) is 18.2 Å². The molecule has 1 aromatic carbocycles. The number of nitrogens with zero attached hydrogens (tertiary/aromatic N) is 1. The first-order valence-electron chi connectivity index (χ1n) is 4.42. The Morgan fingerprint density at radius 3 is 2.00 bits per heavy atom. The number of carbonyl (C=O) groups excluding carboxylic acids is 2. The quantitative estimate of drug-likeness (QED) is 0.638. The van der Waals surface area contributed by atoms with Crippen LogP contribution in [0.2, 0.25) is 5.02 Å². The molecule has 1 aliphatic rings. The van der Waals surface area contributed by atoms with E-state index in [9.17, 15) is 9.59 Å². The van der Waals surface area contributed by atoms with Gasteiger partial charge in [-0.2, -0.15) is 0 Å². The molecule has 2 rings (SSSR count). The molecule has 2 N–H and O–H groups in total. The topological polar surface area (TPSA) is 63.4 Å². The zero-order valence-electron chi connectivity index (χ0n) is 8.21. The molecule has 0 fully saturated rings. The maximum Gasteiger partial charge on any atom is 0.278 e. The molecule has 0 aromatic heterocycles. The Kier molecular flexibility index (Phi) is 3.03. The number of hydrogen-bond donors (Lipinski definition) is 1. The molecule has 0 saturated heterocycles. The summed E-state index contributed by atoms with van der Waals surface area (Å²) in [4.78, 5) is 24.2. The maximum absolute atomic E-state index is 11.7. The van der Waals surface area contributed by atoms with Gasteiger partial charge < -0.3 is 5.73 Å². The van der Waals surface area contributed by atoms with E-state index in [0.29, 0.717) is 5.02 Å². The van der Waals surface area contributed by atoms with Crippen molar-refractivity contribution >= 4 is 58.0 Å². The van der Waals surface area contributed by atoms with Crippen LogP contribution in [0.1, 0.15) is 0 Å². The number of benzene rings is 1. The minimum absolute atomic E-state index is 0.190. The number of carbonyl (C=O) groups is 2. The Balaban J connectivity index is 2.50. The van der Waals surface area contributed by atoms with E-state index in [4.69, 9.17) is 40.5 Å². The third kappa shape index (κ3) is 1.88. The number of nitrogens with two attached hydrogens (primary N) is 1. The fraction of sp³-hybridized carbons (Fsp3) is 0. The average Bonchev–Trinajstić information content (AvgIpc) is 2.45. The highest BCUT2D eigenvalue weighted by Crippen LogP contribution is 2.35. The van der Waals surface area contributed by atoms with Gasteiger partial charge in [0.15, 0.2) is 0 Å². The normalized spacial score (nSPS) is 16.1. The Bertz CT molecular complexity index is 545. The van der Waals surface area contributed by atoms with Gasteiger partial charge in [0, 0.05) is 5.02 Å². The molecule has 0 aliphatic carbocycles. The van der Waals surface area contributed by atoms with E-state index >= 15 is 0 Å². The third-order valence-electron chi connectivity index (χ3n) is 2.20. The van der Waals surface area contributed by atoms with E-state index < -0.39 is 11.8 Å². The Morgan fingerprint density at radius 2 is 1.53 bits per heavy atom. The number of rotatable bonds is 1. The maximum atomic E-state index is 11.7. The van der Waals surface area contributed by atoms with E-state index in [1.54, 1.807) is 0 Å². The first-order chi connectivity index (χ1) is 7.93. The van der Waals surface area contributed by atoms with Crippen LogP contribution >= 0.6 is 34.8 Å². The zero-order valence-corrected chi connectivity index (χ0v) is 10.5. The summed E-state index contributed by atoms with van der Waals surface area (Å²) in [6.07, 6.45) is 0. The summed E-state index contributed by atoms with van der Waals surface area (Å²) >= 11 is 16.9. The van der Waals surface area contributed by atoms with Gasteiger partial charge in [-0.3, -0.25) is 9.59 Å². The molecule has 0 spiro atoms. The van der Waals surface area contributed by atoms with Gasteiger partial charge in [-0.25, -0.2) is 4.90 Å². The Labute approximate surface area is 112 Å². The van der Waals surface area contributed by atoms with E-state index in [1.807, 2.05) is 0 Å². The van der Waals surface area contributed by atoms with Crippen LogP contribution in [-0.2, 0) is 9.59 Å². The predicted molar refractivity (Wildman–Crippen MR) is 67.1 cm³/mol. The van der Waals surface area contributed by atoms with Crippen molar-refractivity contribution in [2.24, 2.45) is 0 Å². The van der Waals surface area contributed by atoms with Crippen LogP contribution in [0, 0.1) is 0 Å². The highest BCUT2D eigenvalue weighted by molar-refractivity contribution is 6.62. The van der Waals surface area contributed by atoms with Gasteiger partial charge in [0.25, 0.3) is 11.8 Å². The SMILES string of the molecule is Nc1cc(Cl)ccc1N1C(=O)C(Cl)=C(Cl)C1=O. The lowest BCUT2D eigenvalue weighted by molar-refractivity contribution is -0.120. The highest BCUT2D eigenvalue weighted by atomic mass is 35.5. The van der Waals surface area contributed by atoms with Gasteiger partial charge in [0.05, 0.1) is 11.4 Å². The second kappa shape index (κ2) is 4.22. The van der Waals surface area contributed by atoms with Gasteiger partial charge in [0.2, 0.25) is 0 Å². The number of hydrogen-bond acceptors (Lipinski definition) is 3. The fourth-order valence-electron chi connectivity index (χ4n) is 1.42. The van der Waals surface area contributed by atoms with Crippen molar-refractivity contribution in [2.75, 3.05) is 10.6 Å². The predicted octanol–water partition coefficient (Wildman–Crippen LogP) is 2.48. The molecule has 88 valence electrons. The number of halogens is 3. The number of amides is 2. The molecule has 0 radical (unpaired) electrons. The fourth-order valence-corrected chi connectivity index (χ4v) is 1.94. The Morgan fingerprint density at radius 1 is 1.00 bits per heavy atom. The molecule has 0 bridgehead atoms. The monoisotopic (exact) mass is 290 g/mol. The Hall–Kier alpha value is -1.23. The van der Waals surface area contributed by atoms with Crippen LogP contribution in [0.4, 0.5) is 11.4 Å². The second-order valence-electron chi connectivity index (χ2n) is 3.28. The summed E-state index contributed by atoms with van der Waals surface area (Å²) in [6, 6.07) is 4.39. The smallest absolute Gasteiger partial charge is 0.278 e. The minimum Gasteiger partial charge on any atom is -0.397 e. The van der Waals surface area contributed by atoms with Crippen LogP contribution in [0.25, 0.3) is 0 Å². The molecular formula is C10H5Cl3N2O2.